The zero-order valence-corrected chi connectivity index (χ0v) is 19.6. The van der Waals surface area contributed by atoms with Crippen molar-refractivity contribution >= 4 is 16.7 Å². The second-order valence-electron chi connectivity index (χ2n) is 8.65. The summed E-state index contributed by atoms with van der Waals surface area (Å²) in [6.07, 6.45) is 1.42. The summed E-state index contributed by atoms with van der Waals surface area (Å²) in [5.41, 5.74) is 2.62. The van der Waals surface area contributed by atoms with Crippen molar-refractivity contribution in [2.24, 2.45) is 0 Å². The Kier molecular flexibility index (Phi) is 6.66. The highest BCUT2D eigenvalue weighted by Crippen LogP contribution is 2.33. The van der Waals surface area contributed by atoms with Gasteiger partial charge in [0.1, 0.15) is 0 Å². The molecule has 174 valence electrons. The molecule has 1 N–H and O–H groups in total. The molecule has 5 heteroatoms. The molecule has 4 aromatic carbocycles. The fourth-order valence-corrected chi connectivity index (χ4v) is 4.35. The number of aromatic nitrogens is 2. The maximum absolute atomic E-state index is 12.9. The Hall–Kier alpha value is -4.25. The third-order valence-electron chi connectivity index (χ3n) is 6.32. The highest BCUT2D eigenvalue weighted by molar-refractivity contribution is 5.94. The van der Waals surface area contributed by atoms with E-state index < -0.39 is 0 Å². The van der Waals surface area contributed by atoms with Crippen LogP contribution in [0.15, 0.2) is 108 Å². The minimum atomic E-state index is -0.161. The Morgan fingerprint density at radius 2 is 1.51 bits per heavy atom. The first-order valence-corrected chi connectivity index (χ1v) is 11.9. The number of fused-ring (bicyclic) bond motifs is 1. The van der Waals surface area contributed by atoms with Crippen molar-refractivity contribution in [3.05, 3.63) is 120 Å². The summed E-state index contributed by atoms with van der Waals surface area (Å²) < 4.78 is 6.20. The van der Waals surface area contributed by atoms with Gasteiger partial charge in [-0.2, -0.15) is 0 Å². The second kappa shape index (κ2) is 10.3. The van der Waals surface area contributed by atoms with Gasteiger partial charge in [-0.1, -0.05) is 85.8 Å². The summed E-state index contributed by atoms with van der Waals surface area (Å²) in [4.78, 5) is 12.9. The Labute approximate surface area is 204 Å². The highest BCUT2D eigenvalue weighted by Gasteiger charge is 2.26. The zero-order valence-electron chi connectivity index (χ0n) is 19.6. The molecule has 35 heavy (non-hydrogen) atoms. The van der Waals surface area contributed by atoms with E-state index in [1.807, 2.05) is 72.8 Å². The fourth-order valence-electron chi connectivity index (χ4n) is 4.35. The number of hydrogen-bond donors (Lipinski definition) is 1. The molecule has 1 aromatic heterocycles. The summed E-state index contributed by atoms with van der Waals surface area (Å²) in [6, 6.07) is 33.7. The number of carbonyl (C=O) groups excluding carboxylic acids is 1. The Morgan fingerprint density at radius 1 is 0.829 bits per heavy atom. The van der Waals surface area contributed by atoms with Gasteiger partial charge in [-0.05, 0) is 53.4 Å². The highest BCUT2D eigenvalue weighted by atomic mass is 16.4. The lowest BCUT2D eigenvalue weighted by molar-refractivity contribution is 0.0932. The van der Waals surface area contributed by atoms with Crippen LogP contribution in [-0.2, 0) is 0 Å². The van der Waals surface area contributed by atoms with Crippen LogP contribution in [0.4, 0.5) is 0 Å². The largest absolute Gasteiger partial charge is 0.420 e. The van der Waals surface area contributed by atoms with Gasteiger partial charge in [-0.3, -0.25) is 4.79 Å². The normalized spacial score (nSPS) is 12.8. The van der Waals surface area contributed by atoms with Crippen molar-refractivity contribution in [1.82, 2.24) is 15.5 Å². The molecule has 1 amide bonds. The van der Waals surface area contributed by atoms with Gasteiger partial charge in [0.2, 0.25) is 11.8 Å². The summed E-state index contributed by atoms with van der Waals surface area (Å²) in [5.74, 6) is 0.801. The summed E-state index contributed by atoms with van der Waals surface area (Å²) in [5, 5.41) is 14.3. The maximum atomic E-state index is 12.9. The molecule has 0 aliphatic rings. The molecule has 0 saturated heterocycles. The van der Waals surface area contributed by atoms with E-state index in [0.717, 1.165) is 22.9 Å². The standard InChI is InChI=1S/C30H27N3O2/c1-2-26(31-28(34)22-12-5-3-6-13-22)20-27(25-18-17-21-11-9-10-16-24(21)19-25)30-33-32-29(35-30)23-14-7-4-8-15-23/h3-19,26-27H,2,20H2,1H3,(H,31,34). The first-order chi connectivity index (χ1) is 17.2. The molecule has 5 nitrogen and oxygen atoms in total. The summed E-state index contributed by atoms with van der Waals surface area (Å²) >= 11 is 0. The predicted octanol–water partition coefficient (Wildman–Crippen LogP) is 6.62. The molecule has 0 bridgehead atoms. The average Bonchev–Trinajstić information content (AvgIpc) is 3.41. The van der Waals surface area contributed by atoms with Crippen molar-refractivity contribution < 1.29 is 9.21 Å². The van der Waals surface area contributed by atoms with Crippen LogP contribution in [-0.4, -0.2) is 22.1 Å². The summed E-state index contributed by atoms with van der Waals surface area (Å²) in [6.45, 7) is 2.08. The molecule has 5 aromatic rings. The minimum absolute atomic E-state index is 0.0637. The molecule has 0 radical (unpaired) electrons. The molecule has 2 unspecified atom stereocenters. The van der Waals surface area contributed by atoms with E-state index in [9.17, 15) is 4.79 Å². The molecule has 1 heterocycles. The third kappa shape index (κ3) is 5.14. The molecule has 2 atom stereocenters. The van der Waals surface area contributed by atoms with E-state index in [-0.39, 0.29) is 17.9 Å². The molecule has 5 rings (SSSR count). The Bertz CT molecular complexity index is 1410. The van der Waals surface area contributed by atoms with Gasteiger partial charge in [-0.15, -0.1) is 10.2 Å². The SMILES string of the molecule is CCC(CC(c1ccc2ccccc2c1)c1nnc(-c2ccccc2)o1)NC(=O)c1ccccc1. The van der Waals surface area contributed by atoms with Gasteiger partial charge in [0.25, 0.3) is 5.91 Å². The molecule has 0 aliphatic carbocycles. The van der Waals surface area contributed by atoms with E-state index >= 15 is 0 Å². The van der Waals surface area contributed by atoms with Crippen molar-refractivity contribution in [2.45, 2.75) is 31.7 Å². The minimum Gasteiger partial charge on any atom is -0.420 e. The van der Waals surface area contributed by atoms with Gasteiger partial charge < -0.3 is 9.73 Å². The lowest BCUT2D eigenvalue weighted by atomic mass is 9.89. The zero-order chi connectivity index (χ0) is 24.0. The number of benzene rings is 4. The van der Waals surface area contributed by atoms with Crippen LogP contribution < -0.4 is 5.32 Å². The number of nitrogens with zero attached hydrogens (tertiary/aromatic N) is 2. The topological polar surface area (TPSA) is 68.0 Å². The van der Waals surface area contributed by atoms with E-state index in [0.29, 0.717) is 23.8 Å². The lowest BCUT2D eigenvalue weighted by Gasteiger charge is -2.22. The molecular formula is C30H27N3O2. The van der Waals surface area contributed by atoms with E-state index in [1.165, 1.54) is 5.39 Å². The van der Waals surface area contributed by atoms with Crippen LogP contribution in [0.3, 0.4) is 0 Å². The Morgan fingerprint density at radius 3 is 2.26 bits per heavy atom. The van der Waals surface area contributed by atoms with Gasteiger partial charge in [0.05, 0.1) is 5.92 Å². The van der Waals surface area contributed by atoms with Crippen LogP contribution in [0, 0.1) is 0 Å². The molecule has 0 saturated carbocycles. The van der Waals surface area contributed by atoms with Crippen LogP contribution >= 0.6 is 0 Å². The monoisotopic (exact) mass is 461 g/mol. The van der Waals surface area contributed by atoms with E-state index in [2.05, 4.69) is 52.8 Å². The van der Waals surface area contributed by atoms with E-state index in [1.54, 1.807) is 0 Å². The van der Waals surface area contributed by atoms with Gasteiger partial charge >= 0.3 is 0 Å². The number of hydrogen-bond acceptors (Lipinski definition) is 4. The van der Waals surface area contributed by atoms with Crippen molar-refractivity contribution in [1.29, 1.82) is 0 Å². The van der Waals surface area contributed by atoms with Gasteiger partial charge in [0, 0.05) is 17.2 Å². The van der Waals surface area contributed by atoms with Gasteiger partial charge in [0.15, 0.2) is 0 Å². The number of amides is 1. The van der Waals surface area contributed by atoms with Crippen LogP contribution in [0.2, 0.25) is 0 Å². The van der Waals surface area contributed by atoms with Crippen LogP contribution in [0.5, 0.6) is 0 Å². The Balaban J connectivity index is 1.48. The molecule has 0 spiro atoms. The average molecular weight is 462 g/mol. The van der Waals surface area contributed by atoms with Crippen molar-refractivity contribution in [3.63, 3.8) is 0 Å². The molecular weight excluding hydrogens is 434 g/mol. The van der Waals surface area contributed by atoms with Crippen molar-refractivity contribution in [3.8, 4) is 11.5 Å². The molecule has 0 aliphatic heterocycles. The number of nitrogens with one attached hydrogen (secondary N) is 1. The quantitative estimate of drug-likeness (QED) is 0.282. The van der Waals surface area contributed by atoms with E-state index in [4.69, 9.17) is 4.42 Å². The number of rotatable bonds is 8. The smallest absolute Gasteiger partial charge is 0.251 e. The molecule has 0 fully saturated rings. The first-order valence-electron chi connectivity index (χ1n) is 11.9. The number of carbonyl (C=O) groups is 1. The fraction of sp³-hybridized carbons (Fsp3) is 0.167. The maximum Gasteiger partial charge on any atom is 0.251 e. The third-order valence-corrected chi connectivity index (χ3v) is 6.32. The predicted molar refractivity (Wildman–Crippen MR) is 138 cm³/mol. The summed E-state index contributed by atoms with van der Waals surface area (Å²) in [7, 11) is 0. The first kappa shape index (κ1) is 22.5. The van der Waals surface area contributed by atoms with Gasteiger partial charge in [-0.25, -0.2) is 0 Å². The van der Waals surface area contributed by atoms with Crippen LogP contribution in [0.25, 0.3) is 22.2 Å². The lowest BCUT2D eigenvalue weighted by Crippen LogP contribution is -2.35. The second-order valence-corrected chi connectivity index (χ2v) is 8.65. The van der Waals surface area contributed by atoms with Crippen molar-refractivity contribution in [2.75, 3.05) is 0 Å². The van der Waals surface area contributed by atoms with Crippen LogP contribution in [0.1, 0.15) is 47.5 Å².